The van der Waals surface area contributed by atoms with Crippen LogP contribution in [0.5, 0.6) is 0 Å². The van der Waals surface area contributed by atoms with E-state index in [4.69, 9.17) is 4.42 Å². The average Bonchev–Trinajstić information content (AvgIpc) is 3.34. The van der Waals surface area contributed by atoms with Crippen LogP contribution in [-0.4, -0.2) is 58.1 Å². The van der Waals surface area contributed by atoms with Crippen LogP contribution in [0.4, 0.5) is 23.2 Å². The summed E-state index contributed by atoms with van der Waals surface area (Å²) in [7, 11) is 0. The molecule has 0 saturated carbocycles. The Balaban J connectivity index is 1.21. The van der Waals surface area contributed by atoms with Gasteiger partial charge < -0.3 is 24.9 Å². The minimum Gasteiger partial charge on any atom is -0.399 e. The van der Waals surface area contributed by atoms with E-state index in [2.05, 4.69) is 30.7 Å². The summed E-state index contributed by atoms with van der Waals surface area (Å²) in [5, 5.41) is 15.7. The minimum atomic E-state index is -0.525. The highest BCUT2D eigenvalue weighted by atomic mass is 16.4. The van der Waals surface area contributed by atoms with E-state index in [1.54, 1.807) is 19.2 Å². The lowest BCUT2D eigenvalue weighted by Crippen LogP contribution is -2.48. The van der Waals surface area contributed by atoms with Gasteiger partial charge in [0, 0.05) is 38.5 Å². The van der Waals surface area contributed by atoms with E-state index >= 15 is 0 Å². The number of pyridine rings is 1. The molecule has 2 aromatic carbocycles. The Morgan fingerprint density at radius 1 is 0.941 bits per heavy atom. The van der Waals surface area contributed by atoms with Gasteiger partial charge in [0.05, 0.1) is 17.6 Å². The zero-order chi connectivity index (χ0) is 23.5. The first-order valence-electron chi connectivity index (χ1n) is 10.9. The van der Waals surface area contributed by atoms with Crippen LogP contribution in [-0.2, 0) is 4.79 Å². The molecule has 0 bridgehead atoms. The van der Waals surface area contributed by atoms with Crippen molar-refractivity contribution in [3.63, 3.8) is 0 Å². The van der Waals surface area contributed by atoms with Gasteiger partial charge in [-0.3, -0.25) is 9.59 Å². The molecule has 1 aliphatic rings. The Kier molecular flexibility index (Phi) is 5.77. The number of nitrogens with one attached hydrogen (secondary N) is 2. The number of fused-ring (bicyclic) bond motifs is 1. The molecule has 172 valence electrons. The van der Waals surface area contributed by atoms with Crippen LogP contribution < -0.4 is 15.5 Å². The highest BCUT2D eigenvalue weighted by Crippen LogP contribution is 2.26. The maximum atomic E-state index is 12.6. The fraction of sp³-hybridized carbons (Fsp3) is 0.208. The number of hydrogen-bond donors (Lipinski definition) is 2. The topological polar surface area (TPSA) is 116 Å². The molecule has 34 heavy (non-hydrogen) atoms. The van der Waals surface area contributed by atoms with Crippen molar-refractivity contribution in [2.75, 3.05) is 41.7 Å². The molecule has 0 atom stereocenters. The van der Waals surface area contributed by atoms with Crippen LogP contribution in [0.2, 0.25) is 0 Å². The molecular formula is C24H23N7O3. The van der Waals surface area contributed by atoms with Crippen LogP contribution in [0.3, 0.4) is 0 Å². The molecule has 0 aliphatic carbocycles. The molecule has 2 amide bonds. The molecule has 1 saturated heterocycles. The van der Waals surface area contributed by atoms with Gasteiger partial charge in [0.15, 0.2) is 0 Å². The summed E-state index contributed by atoms with van der Waals surface area (Å²) < 4.78 is 5.51. The fourth-order valence-electron chi connectivity index (χ4n) is 3.90. The van der Waals surface area contributed by atoms with Gasteiger partial charge in [-0.15, -0.1) is 5.10 Å². The Morgan fingerprint density at radius 3 is 2.50 bits per heavy atom. The third-order valence-electron chi connectivity index (χ3n) is 5.71. The molecule has 10 heteroatoms. The predicted octanol–water partition coefficient (Wildman–Crippen LogP) is 3.28. The molecule has 2 N–H and O–H groups in total. The number of anilines is 4. The summed E-state index contributed by atoms with van der Waals surface area (Å²) in [4.78, 5) is 32.4. The lowest BCUT2D eigenvalue weighted by atomic mass is 10.1. The van der Waals surface area contributed by atoms with E-state index in [-0.39, 0.29) is 17.8 Å². The van der Waals surface area contributed by atoms with Gasteiger partial charge in [0.25, 0.3) is 0 Å². The molecule has 0 radical (unpaired) electrons. The largest absolute Gasteiger partial charge is 0.399 e. The Bertz CT molecular complexity index is 1320. The van der Waals surface area contributed by atoms with Gasteiger partial charge in [-0.1, -0.05) is 41.5 Å². The first-order valence-corrected chi connectivity index (χ1v) is 10.9. The second kappa shape index (κ2) is 9.18. The normalized spacial score (nSPS) is 13.7. The summed E-state index contributed by atoms with van der Waals surface area (Å²) >= 11 is 0. The number of aromatic nitrogens is 3. The van der Waals surface area contributed by atoms with E-state index < -0.39 is 5.91 Å². The second-order valence-electron chi connectivity index (χ2n) is 7.92. The van der Waals surface area contributed by atoms with Crippen molar-refractivity contribution in [3.8, 4) is 0 Å². The molecule has 10 nitrogen and oxygen atoms in total. The van der Waals surface area contributed by atoms with Crippen molar-refractivity contribution in [1.82, 2.24) is 20.1 Å². The van der Waals surface area contributed by atoms with E-state index in [0.29, 0.717) is 31.9 Å². The van der Waals surface area contributed by atoms with Crippen LogP contribution in [0.25, 0.3) is 10.8 Å². The molecule has 2 aromatic heterocycles. The highest BCUT2D eigenvalue weighted by Gasteiger charge is 2.20. The molecule has 1 aliphatic heterocycles. The summed E-state index contributed by atoms with van der Waals surface area (Å²) in [5.41, 5.74) is 1.32. The minimum absolute atomic E-state index is 0.0853. The molecular weight excluding hydrogens is 434 g/mol. The van der Waals surface area contributed by atoms with Crippen LogP contribution in [0.1, 0.15) is 17.6 Å². The number of carbonyl (C=O) groups excluding carboxylic acids is 2. The number of benzene rings is 2. The van der Waals surface area contributed by atoms with Crippen molar-refractivity contribution in [1.29, 1.82) is 0 Å². The lowest BCUT2D eigenvalue weighted by molar-refractivity contribution is -0.129. The van der Waals surface area contributed by atoms with E-state index in [0.717, 1.165) is 22.3 Å². The number of amides is 2. The van der Waals surface area contributed by atoms with Crippen molar-refractivity contribution in [3.05, 3.63) is 66.7 Å². The van der Waals surface area contributed by atoms with Crippen molar-refractivity contribution >= 4 is 45.8 Å². The summed E-state index contributed by atoms with van der Waals surface area (Å²) in [5.74, 6) is 0.193. The first-order chi connectivity index (χ1) is 16.6. The van der Waals surface area contributed by atoms with Crippen LogP contribution >= 0.6 is 0 Å². The maximum absolute atomic E-state index is 12.6. The average molecular weight is 457 g/mol. The van der Waals surface area contributed by atoms with Crippen molar-refractivity contribution in [2.24, 2.45) is 0 Å². The summed E-state index contributed by atoms with van der Waals surface area (Å²) in [6.45, 7) is 4.35. The monoisotopic (exact) mass is 457 g/mol. The highest BCUT2D eigenvalue weighted by molar-refractivity contribution is 6.01. The summed E-state index contributed by atoms with van der Waals surface area (Å²) in [6.07, 6.45) is 1.58. The number of nitrogens with zero attached hydrogens (tertiary/aromatic N) is 5. The Labute approximate surface area is 195 Å². The molecule has 4 aromatic rings. The summed E-state index contributed by atoms with van der Waals surface area (Å²) in [6, 6.07) is 17.5. The van der Waals surface area contributed by atoms with Gasteiger partial charge in [0.2, 0.25) is 5.91 Å². The fourth-order valence-corrected chi connectivity index (χ4v) is 3.90. The molecule has 3 heterocycles. The van der Waals surface area contributed by atoms with Crippen LogP contribution in [0.15, 0.2) is 65.2 Å². The number of piperazine rings is 1. The van der Waals surface area contributed by atoms with E-state index in [1.807, 2.05) is 53.4 Å². The van der Waals surface area contributed by atoms with E-state index in [9.17, 15) is 9.59 Å². The van der Waals surface area contributed by atoms with Gasteiger partial charge in [-0.25, -0.2) is 4.98 Å². The molecule has 0 spiro atoms. The smallest absolute Gasteiger partial charge is 0.320 e. The van der Waals surface area contributed by atoms with Gasteiger partial charge in [-0.05, 0) is 23.6 Å². The number of hydrogen-bond acceptors (Lipinski definition) is 8. The lowest BCUT2D eigenvalue weighted by Gasteiger charge is -2.34. The third-order valence-corrected chi connectivity index (χ3v) is 5.71. The zero-order valence-electron chi connectivity index (χ0n) is 18.6. The maximum Gasteiger partial charge on any atom is 0.320 e. The molecule has 5 rings (SSSR count). The Morgan fingerprint density at radius 2 is 1.74 bits per heavy atom. The van der Waals surface area contributed by atoms with Gasteiger partial charge in [0.1, 0.15) is 5.82 Å². The van der Waals surface area contributed by atoms with E-state index in [1.165, 1.54) is 0 Å². The van der Waals surface area contributed by atoms with Gasteiger partial charge in [-0.2, -0.15) is 0 Å². The molecule has 0 unspecified atom stereocenters. The van der Waals surface area contributed by atoms with Gasteiger partial charge >= 0.3 is 17.8 Å². The Hall–Kier alpha value is -4.47. The standard InChI is InChI=1S/C24H23N7O3/c1-16(32)30-11-13-31(14-12-30)21-10-9-18(15-25-21)26-22(33)23-28-29-24(34-23)27-20-8-4-6-17-5-2-3-7-19(17)20/h2-10,15H,11-14H2,1H3,(H,26,33)(H,27,29). The SMILES string of the molecule is CC(=O)N1CCN(c2ccc(NC(=O)c3nnc(Nc4cccc5ccccc45)o3)cn2)CC1. The quantitative estimate of drug-likeness (QED) is 0.469. The second-order valence-corrected chi connectivity index (χ2v) is 7.92. The van der Waals surface area contributed by atoms with Crippen LogP contribution in [0, 0.1) is 0 Å². The van der Waals surface area contributed by atoms with Crippen molar-refractivity contribution < 1.29 is 14.0 Å². The zero-order valence-corrected chi connectivity index (χ0v) is 18.6. The predicted molar refractivity (Wildman–Crippen MR) is 128 cm³/mol. The van der Waals surface area contributed by atoms with Crippen molar-refractivity contribution in [2.45, 2.75) is 6.92 Å². The number of carbonyl (C=O) groups is 2. The third kappa shape index (κ3) is 4.51. The number of rotatable bonds is 5. The first kappa shape index (κ1) is 21.4. The molecule has 1 fully saturated rings.